The molecule has 0 radical (unpaired) electrons. The number of hydrogen-bond donors (Lipinski definition) is 2. The summed E-state index contributed by atoms with van der Waals surface area (Å²) in [5.41, 5.74) is 4.84. The highest BCUT2D eigenvalue weighted by Crippen LogP contribution is 1.90. The fourth-order valence-corrected chi connectivity index (χ4v) is 1.00. The van der Waals surface area contributed by atoms with Gasteiger partial charge in [-0.25, -0.2) is 4.79 Å². The number of likely N-dealkylation sites (N-methyl/N-ethyl adjacent to an activating group) is 1. The third-order valence-corrected chi connectivity index (χ3v) is 1.64. The number of carbonyl (C=O) groups is 2. The maximum Gasteiger partial charge on any atom is 0.312 e. The fraction of sp³-hybridized carbons (Fsp3) is 0.750. The van der Waals surface area contributed by atoms with E-state index in [1.165, 1.54) is 0 Å². The van der Waals surface area contributed by atoms with Crippen molar-refractivity contribution in [2.45, 2.75) is 20.3 Å². The highest BCUT2D eigenvalue weighted by Gasteiger charge is 2.09. The molecule has 3 N–H and O–H groups in total. The van der Waals surface area contributed by atoms with E-state index in [0.29, 0.717) is 6.54 Å². The zero-order valence-electron chi connectivity index (χ0n) is 8.17. The van der Waals surface area contributed by atoms with Crippen LogP contribution >= 0.6 is 0 Å². The van der Waals surface area contributed by atoms with E-state index in [1.54, 1.807) is 4.90 Å². The van der Waals surface area contributed by atoms with E-state index in [4.69, 9.17) is 5.73 Å². The molecule has 0 heterocycles. The van der Waals surface area contributed by atoms with Gasteiger partial charge in [0.15, 0.2) is 0 Å². The first-order valence-corrected chi connectivity index (χ1v) is 4.42. The van der Waals surface area contributed by atoms with Crippen LogP contribution in [0.5, 0.6) is 0 Å². The van der Waals surface area contributed by atoms with Crippen molar-refractivity contribution in [1.82, 2.24) is 10.2 Å². The standard InChI is InChI=1S/C8H17N3O2/c1-3-5-11(4-2)7(12)6-10-8(9)13/h3-6H2,1-2H3,(H3,9,10,13). The lowest BCUT2D eigenvalue weighted by Crippen LogP contribution is -2.42. The molecule has 3 amide bonds. The van der Waals surface area contributed by atoms with Crippen LogP contribution in [-0.2, 0) is 4.79 Å². The minimum absolute atomic E-state index is 0.0107. The van der Waals surface area contributed by atoms with Crippen LogP contribution in [0.4, 0.5) is 4.79 Å². The van der Waals surface area contributed by atoms with Crippen molar-refractivity contribution >= 4 is 11.9 Å². The minimum atomic E-state index is -0.666. The molecule has 0 aliphatic heterocycles. The van der Waals surface area contributed by atoms with Crippen LogP contribution in [-0.4, -0.2) is 36.5 Å². The van der Waals surface area contributed by atoms with Gasteiger partial charge in [0.2, 0.25) is 5.91 Å². The van der Waals surface area contributed by atoms with Crippen molar-refractivity contribution in [3.8, 4) is 0 Å². The smallest absolute Gasteiger partial charge is 0.312 e. The first-order chi connectivity index (χ1) is 6.11. The van der Waals surface area contributed by atoms with E-state index in [2.05, 4.69) is 5.32 Å². The summed E-state index contributed by atoms with van der Waals surface area (Å²) in [7, 11) is 0. The van der Waals surface area contributed by atoms with E-state index in [0.717, 1.165) is 13.0 Å². The summed E-state index contributed by atoms with van der Waals surface area (Å²) in [4.78, 5) is 23.3. The lowest BCUT2D eigenvalue weighted by molar-refractivity contribution is -0.129. The lowest BCUT2D eigenvalue weighted by Gasteiger charge is -2.19. The highest BCUT2D eigenvalue weighted by atomic mass is 16.2. The average Bonchev–Trinajstić information content (AvgIpc) is 2.10. The molecule has 0 saturated carbocycles. The lowest BCUT2D eigenvalue weighted by atomic mass is 10.4. The highest BCUT2D eigenvalue weighted by molar-refractivity contribution is 5.83. The predicted octanol–water partition coefficient (Wildman–Crippen LogP) is -0.0868. The summed E-state index contributed by atoms with van der Waals surface area (Å²) >= 11 is 0. The van der Waals surface area contributed by atoms with Gasteiger partial charge in [0, 0.05) is 13.1 Å². The maximum atomic E-state index is 11.3. The molecule has 0 atom stereocenters. The maximum absolute atomic E-state index is 11.3. The molecule has 5 heteroatoms. The van der Waals surface area contributed by atoms with Gasteiger partial charge < -0.3 is 16.0 Å². The molecule has 0 fully saturated rings. The van der Waals surface area contributed by atoms with Crippen LogP contribution in [0, 0.1) is 0 Å². The molecule has 0 rings (SSSR count). The van der Waals surface area contributed by atoms with E-state index in [9.17, 15) is 9.59 Å². The first kappa shape index (κ1) is 11.7. The normalized spacial score (nSPS) is 9.38. The molecule has 0 aromatic heterocycles. The number of carbonyl (C=O) groups excluding carboxylic acids is 2. The van der Waals surface area contributed by atoms with Gasteiger partial charge in [-0.3, -0.25) is 4.79 Å². The van der Waals surface area contributed by atoms with E-state index >= 15 is 0 Å². The van der Waals surface area contributed by atoms with Crippen molar-refractivity contribution in [3.05, 3.63) is 0 Å². The van der Waals surface area contributed by atoms with Crippen LogP contribution in [0.1, 0.15) is 20.3 Å². The van der Waals surface area contributed by atoms with Gasteiger partial charge in [-0.15, -0.1) is 0 Å². The SMILES string of the molecule is CCCN(CC)C(=O)CNC(N)=O. The summed E-state index contributed by atoms with van der Waals surface area (Å²) < 4.78 is 0. The van der Waals surface area contributed by atoms with Crippen molar-refractivity contribution in [3.63, 3.8) is 0 Å². The summed E-state index contributed by atoms with van der Waals surface area (Å²) in [5.74, 6) is -0.0943. The second-order valence-corrected chi connectivity index (χ2v) is 2.69. The summed E-state index contributed by atoms with van der Waals surface area (Å²) in [5, 5.41) is 2.27. The van der Waals surface area contributed by atoms with E-state index < -0.39 is 6.03 Å². The molecule has 0 aromatic carbocycles. The number of urea groups is 1. The number of primary amides is 1. The quantitative estimate of drug-likeness (QED) is 0.631. The number of amides is 3. The summed E-state index contributed by atoms with van der Waals surface area (Å²) in [6.07, 6.45) is 0.913. The molecule has 5 nitrogen and oxygen atoms in total. The zero-order valence-corrected chi connectivity index (χ0v) is 8.17. The van der Waals surface area contributed by atoms with Crippen molar-refractivity contribution < 1.29 is 9.59 Å². The summed E-state index contributed by atoms with van der Waals surface area (Å²) in [6.45, 7) is 5.27. The Kier molecular flexibility index (Phi) is 5.67. The fourth-order valence-electron chi connectivity index (χ4n) is 1.00. The Morgan fingerprint density at radius 3 is 2.38 bits per heavy atom. The topological polar surface area (TPSA) is 75.4 Å². The average molecular weight is 187 g/mol. The Bertz CT molecular complexity index is 182. The van der Waals surface area contributed by atoms with Gasteiger partial charge in [-0.1, -0.05) is 6.92 Å². The largest absolute Gasteiger partial charge is 0.352 e. The molecule has 0 aliphatic carbocycles. The number of rotatable bonds is 5. The van der Waals surface area contributed by atoms with Crippen LogP contribution in [0.25, 0.3) is 0 Å². The molecular formula is C8H17N3O2. The van der Waals surface area contributed by atoms with Gasteiger partial charge in [-0.05, 0) is 13.3 Å². The monoisotopic (exact) mass is 187 g/mol. The Hall–Kier alpha value is -1.26. The van der Waals surface area contributed by atoms with E-state index in [1.807, 2.05) is 13.8 Å². The first-order valence-electron chi connectivity index (χ1n) is 4.42. The Morgan fingerprint density at radius 2 is 2.00 bits per heavy atom. The molecule has 0 unspecified atom stereocenters. The Balaban J connectivity index is 3.84. The number of nitrogens with two attached hydrogens (primary N) is 1. The van der Waals surface area contributed by atoms with E-state index in [-0.39, 0.29) is 12.5 Å². The van der Waals surface area contributed by atoms with Crippen molar-refractivity contribution in [2.75, 3.05) is 19.6 Å². The van der Waals surface area contributed by atoms with Crippen LogP contribution in [0.2, 0.25) is 0 Å². The van der Waals surface area contributed by atoms with Crippen LogP contribution < -0.4 is 11.1 Å². The minimum Gasteiger partial charge on any atom is -0.352 e. The van der Waals surface area contributed by atoms with Crippen molar-refractivity contribution in [2.24, 2.45) is 5.73 Å². The predicted molar refractivity (Wildman–Crippen MR) is 50.1 cm³/mol. The van der Waals surface area contributed by atoms with Gasteiger partial charge in [0.25, 0.3) is 0 Å². The number of nitrogens with one attached hydrogen (secondary N) is 1. The van der Waals surface area contributed by atoms with Crippen molar-refractivity contribution in [1.29, 1.82) is 0 Å². The number of hydrogen-bond acceptors (Lipinski definition) is 2. The molecule has 0 aromatic rings. The third-order valence-electron chi connectivity index (χ3n) is 1.64. The van der Waals surface area contributed by atoms with Gasteiger partial charge in [0.1, 0.15) is 0 Å². The van der Waals surface area contributed by atoms with Gasteiger partial charge in [-0.2, -0.15) is 0 Å². The van der Waals surface area contributed by atoms with Gasteiger partial charge >= 0.3 is 6.03 Å². The Morgan fingerprint density at radius 1 is 1.38 bits per heavy atom. The zero-order chi connectivity index (χ0) is 10.3. The molecule has 13 heavy (non-hydrogen) atoms. The molecule has 0 saturated heterocycles. The number of nitrogens with zero attached hydrogens (tertiary/aromatic N) is 1. The second kappa shape index (κ2) is 6.28. The molecule has 0 spiro atoms. The van der Waals surface area contributed by atoms with Gasteiger partial charge in [0.05, 0.1) is 6.54 Å². The molecular weight excluding hydrogens is 170 g/mol. The van der Waals surface area contributed by atoms with Crippen LogP contribution in [0.3, 0.4) is 0 Å². The molecule has 0 aliphatic rings. The Labute approximate surface area is 78.3 Å². The molecule has 76 valence electrons. The second-order valence-electron chi connectivity index (χ2n) is 2.69. The molecule has 0 bridgehead atoms. The third kappa shape index (κ3) is 5.05. The summed E-state index contributed by atoms with van der Waals surface area (Å²) in [6, 6.07) is -0.666. The van der Waals surface area contributed by atoms with Crippen LogP contribution in [0.15, 0.2) is 0 Å².